The van der Waals surface area contributed by atoms with E-state index in [1.54, 1.807) is 18.3 Å². The second-order valence-electron chi connectivity index (χ2n) is 4.07. The molecule has 4 heteroatoms. The van der Waals surface area contributed by atoms with Crippen molar-refractivity contribution in [1.29, 1.82) is 0 Å². The Balaban J connectivity index is 1.94. The van der Waals surface area contributed by atoms with Gasteiger partial charge in [0.1, 0.15) is 6.61 Å². The molecule has 0 N–H and O–H groups in total. The van der Waals surface area contributed by atoms with E-state index in [9.17, 15) is 4.91 Å². The normalized spacial score (nSPS) is 10.6. The van der Waals surface area contributed by atoms with Crippen LogP contribution in [0.4, 0.5) is 0 Å². The summed E-state index contributed by atoms with van der Waals surface area (Å²) in [6.07, 6.45) is 4.79. The van der Waals surface area contributed by atoms with Crippen LogP contribution in [0.2, 0.25) is 0 Å². The highest BCUT2D eigenvalue weighted by atomic mass is 16.5. The molecule has 0 aliphatic heterocycles. The van der Waals surface area contributed by atoms with Crippen LogP contribution in [0.1, 0.15) is 11.1 Å². The summed E-state index contributed by atoms with van der Waals surface area (Å²) < 4.78 is 6.30. The molecule has 2 rings (SSSR count). The molecule has 0 radical (unpaired) electrons. The molecular formula is C15H15N2O2+. The second kappa shape index (κ2) is 6.44. The molecule has 0 bridgehead atoms. The molecule has 0 saturated heterocycles. The lowest BCUT2D eigenvalue weighted by atomic mass is 10.2. The van der Waals surface area contributed by atoms with Crippen molar-refractivity contribution in [2.45, 2.75) is 6.61 Å². The number of hydrogen-bond donors (Lipinski definition) is 0. The predicted molar refractivity (Wildman–Crippen MR) is 73.6 cm³/mol. The van der Waals surface area contributed by atoms with E-state index in [0.717, 1.165) is 15.9 Å². The van der Waals surface area contributed by atoms with Crippen LogP contribution >= 0.6 is 0 Å². The monoisotopic (exact) mass is 255 g/mol. The molecule has 2 aromatic rings. The van der Waals surface area contributed by atoms with Crippen LogP contribution in [0.15, 0.2) is 54.9 Å². The van der Waals surface area contributed by atoms with Gasteiger partial charge in [-0.05, 0) is 17.2 Å². The van der Waals surface area contributed by atoms with Gasteiger partial charge in [-0.3, -0.25) is 0 Å². The van der Waals surface area contributed by atoms with E-state index in [4.69, 9.17) is 4.74 Å². The number of rotatable bonds is 5. The van der Waals surface area contributed by atoms with Gasteiger partial charge in [-0.15, -0.1) is 0 Å². The zero-order valence-electron chi connectivity index (χ0n) is 10.7. The van der Waals surface area contributed by atoms with Gasteiger partial charge in [0, 0.05) is 28.0 Å². The maximum Gasteiger partial charge on any atom is 0.221 e. The number of pyridine rings is 1. The third-order valence-electron chi connectivity index (χ3n) is 2.47. The molecule has 1 aromatic heterocycles. The lowest BCUT2D eigenvalue weighted by molar-refractivity contribution is -0.443. The third kappa shape index (κ3) is 4.35. The first-order chi connectivity index (χ1) is 9.24. The Bertz CT molecular complexity index is 562. The summed E-state index contributed by atoms with van der Waals surface area (Å²) in [5, 5.41) is 0. The summed E-state index contributed by atoms with van der Waals surface area (Å²) in [6.45, 7) is 0.492. The zero-order valence-corrected chi connectivity index (χ0v) is 10.7. The van der Waals surface area contributed by atoms with Crippen molar-refractivity contribution in [1.82, 2.24) is 4.98 Å². The highest BCUT2D eigenvalue weighted by molar-refractivity contribution is 5.46. The van der Waals surface area contributed by atoms with Crippen molar-refractivity contribution in [3.05, 3.63) is 70.9 Å². The first-order valence-electron chi connectivity index (χ1n) is 5.95. The molecule has 0 fully saturated rings. The highest BCUT2D eigenvalue weighted by Gasteiger charge is 1.97. The van der Waals surface area contributed by atoms with Crippen LogP contribution < -0.4 is 4.74 Å². The van der Waals surface area contributed by atoms with Crippen LogP contribution in [0.5, 0.6) is 5.88 Å². The second-order valence-corrected chi connectivity index (χ2v) is 4.07. The first-order valence-corrected chi connectivity index (χ1v) is 5.95. The summed E-state index contributed by atoms with van der Waals surface area (Å²) in [5.74, 6) is 0.566. The topological polar surface area (TPSA) is 42.2 Å². The quantitative estimate of drug-likeness (QED) is 0.771. The van der Waals surface area contributed by atoms with Crippen LogP contribution in [0, 0.1) is 4.91 Å². The number of nitrogens with zero attached hydrogens (tertiary/aromatic N) is 2. The fourth-order valence-corrected chi connectivity index (χ4v) is 1.50. The Kier molecular flexibility index (Phi) is 4.39. The highest BCUT2D eigenvalue weighted by Crippen LogP contribution is 2.11. The summed E-state index contributed by atoms with van der Waals surface area (Å²) in [7, 11) is 1.43. The lowest BCUT2D eigenvalue weighted by Gasteiger charge is -2.04. The van der Waals surface area contributed by atoms with Crippen molar-refractivity contribution in [2.75, 3.05) is 7.05 Å². The van der Waals surface area contributed by atoms with Crippen LogP contribution in [-0.2, 0) is 6.61 Å². The molecule has 1 heterocycles. The minimum Gasteiger partial charge on any atom is -0.473 e. The Morgan fingerprint density at radius 2 is 2.00 bits per heavy atom. The minimum atomic E-state index is 0.492. The van der Waals surface area contributed by atoms with Crippen molar-refractivity contribution in [2.24, 2.45) is 0 Å². The fraction of sp³-hybridized carbons (Fsp3) is 0.133. The standard InChI is InChI=1S/C15H15N2O2/c1-17(18)10-9-13-7-8-15(16-11-13)19-12-14-5-3-2-4-6-14/h2-11H,12H2,1H3/q+1/b10-9+. The van der Waals surface area contributed by atoms with Gasteiger partial charge in [0.25, 0.3) is 0 Å². The summed E-state index contributed by atoms with van der Waals surface area (Å²) in [6, 6.07) is 13.6. The molecule has 0 unspecified atom stereocenters. The molecule has 19 heavy (non-hydrogen) atoms. The molecule has 4 nitrogen and oxygen atoms in total. The van der Waals surface area contributed by atoms with Gasteiger partial charge in [0.15, 0.2) is 7.05 Å². The lowest BCUT2D eigenvalue weighted by Crippen LogP contribution is -1.96. The molecule has 0 aliphatic carbocycles. The smallest absolute Gasteiger partial charge is 0.221 e. The molecule has 1 aromatic carbocycles. The number of ether oxygens (including phenoxy) is 1. The minimum absolute atomic E-state index is 0.492. The summed E-state index contributed by atoms with van der Waals surface area (Å²) in [5.41, 5.74) is 1.95. The van der Waals surface area contributed by atoms with E-state index in [1.165, 1.54) is 13.2 Å². The Hall–Kier alpha value is -2.49. The number of hydrogen-bond acceptors (Lipinski definition) is 3. The molecule has 0 amide bonds. The van der Waals surface area contributed by atoms with Gasteiger partial charge < -0.3 is 4.74 Å². The average Bonchev–Trinajstić information content (AvgIpc) is 2.45. The maximum absolute atomic E-state index is 10.7. The Morgan fingerprint density at radius 3 is 2.63 bits per heavy atom. The van der Waals surface area contributed by atoms with Crippen LogP contribution in [0.25, 0.3) is 6.08 Å². The number of nitroso groups, excluding NO2 is 1. The van der Waals surface area contributed by atoms with Gasteiger partial charge in [-0.25, -0.2) is 4.98 Å². The third-order valence-corrected chi connectivity index (χ3v) is 2.47. The molecule has 0 saturated carbocycles. The Labute approximate surface area is 111 Å². The van der Waals surface area contributed by atoms with Gasteiger partial charge in [0.05, 0.1) is 0 Å². The van der Waals surface area contributed by atoms with Crippen molar-refractivity contribution >= 4 is 6.08 Å². The van der Waals surface area contributed by atoms with Crippen molar-refractivity contribution in [3.63, 3.8) is 0 Å². The van der Waals surface area contributed by atoms with Gasteiger partial charge >= 0.3 is 0 Å². The van der Waals surface area contributed by atoms with Gasteiger partial charge in [0.2, 0.25) is 12.1 Å². The van der Waals surface area contributed by atoms with E-state index >= 15 is 0 Å². The predicted octanol–water partition coefficient (Wildman–Crippen LogP) is 3.04. The fourth-order valence-electron chi connectivity index (χ4n) is 1.50. The first kappa shape index (κ1) is 13.0. The van der Waals surface area contributed by atoms with E-state index in [0.29, 0.717) is 12.5 Å². The Morgan fingerprint density at radius 1 is 1.21 bits per heavy atom. The zero-order chi connectivity index (χ0) is 13.5. The van der Waals surface area contributed by atoms with Gasteiger partial charge in [-0.2, -0.15) is 0 Å². The molecule has 0 spiro atoms. The van der Waals surface area contributed by atoms with E-state index in [1.807, 2.05) is 36.4 Å². The van der Waals surface area contributed by atoms with Crippen LogP contribution in [-0.4, -0.2) is 16.8 Å². The largest absolute Gasteiger partial charge is 0.473 e. The molecular weight excluding hydrogens is 240 g/mol. The maximum atomic E-state index is 10.7. The number of aromatic nitrogens is 1. The summed E-state index contributed by atoms with van der Waals surface area (Å²) >= 11 is 0. The van der Waals surface area contributed by atoms with E-state index in [2.05, 4.69) is 4.98 Å². The summed E-state index contributed by atoms with van der Waals surface area (Å²) in [4.78, 5) is 14.9. The van der Waals surface area contributed by atoms with Crippen molar-refractivity contribution in [3.8, 4) is 5.88 Å². The molecule has 0 atom stereocenters. The van der Waals surface area contributed by atoms with E-state index < -0.39 is 0 Å². The van der Waals surface area contributed by atoms with Gasteiger partial charge in [-0.1, -0.05) is 30.3 Å². The average molecular weight is 255 g/mol. The van der Waals surface area contributed by atoms with Crippen molar-refractivity contribution < 1.29 is 9.50 Å². The molecule has 0 aliphatic rings. The molecule has 96 valence electrons. The number of benzene rings is 1. The van der Waals surface area contributed by atoms with E-state index in [-0.39, 0.29) is 0 Å². The van der Waals surface area contributed by atoms with Crippen LogP contribution in [0.3, 0.4) is 0 Å². The SMILES string of the molecule is C[N+](=O)/C=C/c1ccc(OCc2ccccc2)nc1.